The fraction of sp³-hybridized carbons (Fsp3) is 0.647. The molecule has 3 heterocycles. The number of hydrogen-bond acceptors (Lipinski definition) is 6. The SMILES string of the molecule is CN1CCN(c2cc(CNC(=O)CC3COCCN3)ccn2)CC1. The van der Waals surface area contributed by atoms with E-state index in [9.17, 15) is 4.79 Å². The van der Waals surface area contributed by atoms with Gasteiger partial charge in [-0.15, -0.1) is 0 Å². The van der Waals surface area contributed by atoms with Gasteiger partial charge in [-0.2, -0.15) is 0 Å². The Morgan fingerprint density at radius 3 is 3.00 bits per heavy atom. The number of anilines is 1. The number of morpholine rings is 1. The summed E-state index contributed by atoms with van der Waals surface area (Å²) in [6.45, 7) is 6.78. The molecule has 0 aromatic carbocycles. The third-order valence-corrected chi connectivity index (χ3v) is 4.56. The molecular weight excluding hydrogens is 306 g/mol. The average molecular weight is 333 g/mol. The van der Waals surface area contributed by atoms with Crippen molar-refractivity contribution in [3.05, 3.63) is 23.9 Å². The molecule has 2 aliphatic rings. The highest BCUT2D eigenvalue weighted by atomic mass is 16.5. The minimum absolute atomic E-state index is 0.0518. The lowest BCUT2D eigenvalue weighted by Gasteiger charge is -2.33. The Morgan fingerprint density at radius 2 is 2.25 bits per heavy atom. The number of ether oxygens (including phenoxy) is 1. The predicted octanol–water partition coefficient (Wildman–Crippen LogP) is -0.172. The van der Waals surface area contributed by atoms with Crippen molar-refractivity contribution in [3.63, 3.8) is 0 Å². The fourth-order valence-corrected chi connectivity index (χ4v) is 3.03. The van der Waals surface area contributed by atoms with E-state index in [1.165, 1.54) is 0 Å². The van der Waals surface area contributed by atoms with Gasteiger partial charge in [0.1, 0.15) is 5.82 Å². The number of aromatic nitrogens is 1. The maximum absolute atomic E-state index is 12.1. The van der Waals surface area contributed by atoms with Crippen molar-refractivity contribution < 1.29 is 9.53 Å². The van der Waals surface area contributed by atoms with E-state index in [2.05, 4.69) is 38.5 Å². The van der Waals surface area contributed by atoms with Gasteiger partial charge in [-0.3, -0.25) is 4.79 Å². The zero-order valence-electron chi connectivity index (χ0n) is 14.3. The van der Waals surface area contributed by atoms with Gasteiger partial charge in [0.2, 0.25) is 5.91 Å². The van der Waals surface area contributed by atoms with Crippen LogP contribution in [0.15, 0.2) is 18.3 Å². The molecule has 1 atom stereocenters. The Bertz CT molecular complexity index is 540. The summed E-state index contributed by atoms with van der Waals surface area (Å²) in [7, 11) is 2.14. The van der Waals surface area contributed by atoms with Crippen LogP contribution in [0.5, 0.6) is 0 Å². The highest BCUT2D eigenvalue weighted by Gasteiger charge is 2.17. The van der Waals surface area contributed by atoms with E-state index < -0.39 is 0 Å². The summed E-state index contributed by atoms with van der Waals surface area (Å²) in [5.41, 5.74) is 1.08. The first-order chi connectivity index (χ1) is 11.7. The summed E-state index contributed by atoms with van der Waals surface area (Å²) in [5, 5.41) is 6.29. The molecule has 0 bridgehead atoms. The van der Waals surface area contributed by atoms with Gasteiger partial charge in [0.25, 0.3) is 0 Å². The standard InChI is InChI=1S/C17H27N5O2/c1-21-5-7-22(8-6-21)16-10-14(2-3-19-16)12-20-17(23)11-15-13-24-9-4-18-15/h2-3,10,15,18H,4-9,11-13H2,1H3,(H,20,23). The van der Waals surface area contributed by atoms with Crippen molar-refractivity contribution >= 4 is 11.7 Å². The van der Waals surface area contributed by atoms with Crippen LogP contribution in [0.4, 0.5) is 5.82 Å². The van der Waals surface area contributed by atoms with Crippen LogP contribution in [0.25, 0.3) is 0 Å². The van der Waals surface area contributed by atoms with Crippen LogP contribution in [0.3, 0.4) is 0 Å². The number of nitrogens with one attached hydrogen (secondary N) is 2. The second-order valence-electron chi connectivity index (χ2n) is 6.52. The quantitative estimate of drug-likeness (QED) is 0.780. The van der Waals surface area contributed by atoms with E-state index in [1.54, 1.807) is 0 Å². The summed E-state index contributed by atoms with van der Waals surface area (Å²) >= 11 is 0. The molecule has 1 aromatic rings. The van der Waals surface area contributed by atoms with E-state index in [-0.39, 0.29) is 11.9 Å². The molecule has 24 heavy (non-hydrogen) atoms. The van der Waals surface area contributed by atoms with Gasteiger partial charge in [-0.25, -0.2) is 4.98 Å². The Labute approximate surface area is 143 Å². The molecule has 0 radical (unpaired) electrons. The van der Waals surface area contributed by atoms with Gasteiger partial charge in [-0.05, 0) is 24.7 Å². The Hall–Kier alpha value is -1.70. The largest absolute Gasteiger partial charge is 0.378 e. The molecule has 0 saturated carbocycles. The summed E-state index contributed by atoms with van der Waals surface area (Å²) in [5.74, 6) is 1.05. The first kappa shape index (κ1) is 17.1. The summed E-state index contributed by atoms with van der Waals surface area (Å²) < 4.78 is 5.38. The molecule has 7 nitrogen and oxygen atoms in total. The van der Waals surface area contributed by atoms with Gasteiger partial charge in [-0.1, -0.05) is 0 Å². The lowest BCUT2D eigenvalue weighted by molar-refractivity contribution is -0.122. The minimum Gasteiger partial charge on any atom is -0.378 e. The zero-order valence-corrected chi connectivity index (χ0v) is 14.3. The number of piperazine rings is 1. The van der Waals surface area contributed by atoms with Gasteiger partial charge in [0.15, 0.2) is 0 Å². The van der Waals surface area contributed by atoms with Crippen LogP contribution in [-0.4, -0.2) is 74.8 Å². The smallest absolute Gasteiger partial charge is 0.221 e. The van der Waals surface area contributed by atoms with E-state index in [4.69, 9.17) is 4.74 Å². The first-order valence-corrected chi connectivity index (χ1v) is 8.67. The first-order valence-electron chi connectivity index (χ1n) is 8.67. The maximum Gasteiger partial charge on any atom is 0.221 e. The highest BCUT2D eigenvalue weighted by molar-refractivity contribution is 5.76. The zero-order chi connectivity index (χ0) is 16.8. The Balaban J connectivity index is 1.48. The van der Waals surface area contributed by atoms with Crippen LogP contribution in [0.2, 0.25) is 0 Å². The number of amides is 1. The van der Waals surface area contributed by atoms with Gasteiger partial charge in [0, 0.05) is 57.9 Å². The fourth-order valence-electron chi connectivity index (χ4n) is 3.03. The second-order valence-corrected chi connectivity index (χ2v) is 6.52. The number of pyridine rings is 1. The summed E-state index contributed by atoms with van der Waals surface area (Å²) in [4.78, 5) is 21.2. The lowest BCUT2D eigenvalue weighted by atomic mass is 10.2. The van der Waals surface area contributed by atoms with Crippen LogP contribution in [0.1, 0.15) is 12.0 Å². The number of carbonyl (C=O) groups excluding carboxylic acids is 1. The summed E-state index contributed by atoms with van der Waals surface area (Å²) in [6, 6.07) is 4.16. The normalized spacial score (nSPS) is 22.4. The molecule has 2 fully saturated rings. The van der Waals surface area contributed by atoms with Crippen molar-refractivity contribution in [3.8, 4) is 0 Å². The van der Waals surface area contributed by atoms with E-state index in [0.29, 0.717) is 19.6 Å². The lowest BCUT2D eigenvalue weighted by Crippen LogP contribution is -2.45. The molecule has 3 rings (SSSR count). The average Bonchev–Trinajstić information content (AvgIpc) is 2.62. The molecule has 0 aliphatic carbocycles. The van der Waals surface area contributed by atoms with Crippen LogP contribution in [0, 0.1) is 0 Å². The van der Waals surface area contributed by atoms with E-state index in [1.807, 2.05) is 12.3 Å². The third-order valence-electron chi connectivity index (χ3n) is 4.56. The number of carbonyl (C=O) groups is 1. The molecule has 1 unspecified atom stereocenters. The van der Waals surface area contributed by atoms with Crippen molar-refractivity contribution in [1.29, 1.82) is 0 Å². The minimum atomic E-state index is 0.0518. The van der Waals surface area contributed by atoms with Crippen molar-refractivity contribution in [2.75, 3.05) is 57.9 Å². The van der Waals surface area contributed by atoms with Crippen LogP contribution < -0.4 is 15.5 Å². The molecule has 132 valence electrons. The molecule has 7 heteroatoms. The van der Waals surface area contributed by atoms with Crippen molar-refractivity contribution in [2.45, 2.75) is 19.0 Å². The topological polar surface area (TPSA) is 69.7 Å². The van der Waals surface area contributed by atoms with Crippen molar-refractivity contribution in [2.24, 2.45) is 0 Å². The van der Waals surface area contributed by atoms with E-state index >= 15 is 0 Å². The van der Waals surface area contributed by atoms with Gasteiger partial charge >= 0.3 is 0 Å². The van der Waals surface area contributed by atoms with Crippen molar-refractivity contribution in [1.82, 2.24) is 20.5 Å². The molecular formula is C17H27N5O2. The summed E-state index contributed by atoms with van der Waals surface area (Å²) in [6.07, 6.45) is 2.28. The number of hydrogen-bond donors (Lipinski definition) is 2. The highest BCUT2D eigenvalue weighted by Crippen LogP contribution is 2.14. The third kappa shape index (κ3) is 4.90. The predicted molar refractivity (Wildman–Crippen MR) is 93.0 cm³/mol. The van der Waals surface area contributed by atoms with E-state index in [0.717, 1.165) is 50.7 Å². The maximum atomic E-state index is 12.1. The molecule has 1 aromatic heterocycles. The number of rotatable bonds is 5. The second kappa shape index (κ2) is 8.41. The molecule has 2 aliphatic heterocycles. The molecule has 2 saturated heterocycles. The number of likely N-dealkylation sites (N-methyl/N-ethyl adjacent to an activating group) is 1. The molecule has 2 N–H and O–H groups in total. The molecule has 1 amide bonds. The Kier molecular flexibility index (Phi) is 6.01. The van der Waals surface area contributed by atoms with Gasteiger partial charge in [0.05, 0.1) is 13.2 Å². The number of nitrogens with zero attached hydrogens (tertiary/aromatic N) is 3. The molecule has 0 spiro atoms. The van der Waals surface area contributed by atoms with Gasteiger partial charge < -0.3 is 25.2 Å². The monoisotopic (exact) mass is 333 g/mol. The van der Waals surface area contributed by atoms with Crippen LogP contribution >= 0.6 is 0 Å². The van der Waals surface area contributed by atoms with Crippen LogP contribution in [-0.2, 0) is 16.1 Å². The Morgan fingerprint density at radius 1 is 1.42 bits per heavy atom.